The molecule has 0 unspecified atom stereocenters. The summed E-state index contributed by atoms with van der Waals surface area (Å²) in [4.78, 5) is 5.29. The number of nitrogens with zero attached hydrogens (tertiary/aromatic N) is 3. The molecule has 0 aliphatic rings. The molecule has 0 fully saturated rings. The highest BCUT2D eigenvalue weighted by Crippen LogP contribution is 2.43. The van der Waals surface area contributed by atoms with Crippen LogP contribution in [-0.4, -0.2) is 21.7 Å². The number of benzene rings is 1. The van der Waals surface area contributed by atoms with Gasteiger partial charge < -0.3 is 10.5 Å². The fourth-order valence-electron chi connectivity index (χ4n) is 3.00. The molecule has 4 rings (SSSR count). The van der Waals surface area contributed by atoms with Crippen molar-refractivity contribution in [2.45, 2.75) is 12.3 Å². The molecule has 2 N–H and O–H groups in total. The van der Waals surface area contributed by atoms with Crippen LogP contribution in [0.2, 0.25) is 0 Å². The minimum absolute atomic E-state index is 0. The van der Waals surface area contributed by atoms with Gasteiger partial charge in [0.2, 0.25) is 0 Å². The third-order valence-corrected chi connectivity index (χ3v) is 5.80. The number of anilines is 1. The van der Waals surface area contributed by atoms with E-state index in [2.05, 4.69) is 51.1 Å². The Kier molecular flexibility index (Phi) is 5.04. The maximum atomic E-state index is 6.13. The lowest BCUT2D eigenvalue weighted by Crippen LogP contribution is -1.98. The van der Waals surface area contributed by atoms with Crippen molar-refractivity contribution < 1.29 is 4.74 Å². The number of thiophene rings is 1. The zero-order valence-corrected chi connectivity index (χ0v) is 17.7. The van der Waals surface area contributed by atoms with Gasteiger partial charge in [-0.05, 0) is 35.6 Å². The molecule has 4 aromatic rings. The molecule has 0 amide bonds. The van der Waals surface area contributed by atoms with E-state index in [4.69, 9.17) is 10.5 Å². The summed E-state index contributed by atoms with van der Waals surface area (Å²) >= 11 is 5.27. The standard InChI is InChI=1S/C17H15BrN4OS.BrH/c1-9-3-10-5-13(24-16(10)12(4-9)23-2)14-11(6-18)7-22-15(14)17(19)20-8-21-22;/h3-5,7-8H,6H2,1-2H3,(H2,19,20,21);1H. The zero-order valence-electron chi connectivity index (χ0n) is 13.6. The molecule has 0 aliphatic heterocycles. The quantitative estimate of drug-likeness (QED) is 0.417. The van der Waals surface area contributed by atoms with Gasteiger partial charge in [-0.3, -0.25) is 0 Å². The molecule has 25 heavy (non-hydrogen) atoms. The Bertz CT molecular complexity index is 1070. The van der Waals surface area contributed by atoms with Crippen LogP contribution in [0.4, 0.5) is 5.82 Å². The molecule has 8 heteroatoms. The normalized spacial score (nSPS) is 11.0. The van der Waals surface area contributed by atoms with Gasteiger partial charge in [0.15, 0.2) is 5.82 Å². The lowest BCUT2D eigenvalue weighted by molar-refractivity contribution is 0.420. The molecule has 3 aromatic heterocycles. The molecule has 5 nitrogen and oxygen atoms in total. The predicted molar refractivity (Wildman–Crippen MR) is 112 cm³/mol. The Balaban J connectivity index is 0.00000182. The van der Waals surface area contributed by atoms with Gasteiger partial charge in [-0.15, -0.1) is 28.3 Å². The molecule has 0 saturated carbocycles. The number of halogens is 2. The summed E-state index contributed by atoms with van der Waals surface area (Å²) in [6.07, 6.45) is 3.46. The van der Waals surface area contributed by atoms with E-state index in [1.54, 1.807) is 23.0 Å². The number of aromatic nitrogens is 3. The van der Waals surface area contributed by atoms with E-state index in [0.29, 0.717) is 5.82 Å². The molecule has 3 heterocycles. The van der Waals surface area contributed by atoms with Gasteiger partial charge in [0.05, 0.1) is 11.8 Å². The Morgan fingerprint density at radius 3 is 2.84 bits per heavy atom. The second-order valence-electron chi connectivity index (χ2n) is 5.60. The molecule has 0 atom stereocenters. The van der Waals surface area contributed by atoms with E-state index in [0.717, 1.165) is 37.3 Å². The third kappa shape index (κ3) is 2.92. The van der Waals surface area contributed by atoms with E-state index < -0.39 is 0 Å². The second-order valence-corrected chi connectivity index (χ2v) is 7.21. The maximum absolute atomic E-state index is 6.13. The number of methoxy groups -OCH3 is 1. The van der Waals surface area contributed by atoms with Crippen molar-refractivity contribution in [1.29, 1.82) is 0 Å². The van der Waals surface area contributed by atoms with E-state index in [1.807, 2.05) is 6.20 Å². The van der Waals surface area contributed by atoms with Crippen LogP contribution >= 0.6 is 44.2 Å². The van der Waals surface area contributed by atoms with Gasteiger partial charge in [-0.25, -0.2) is 9.50 Å². The topological polar surface area (TPSA) is 65.4 Å². The monoisotopic (exact) mass is 482 g/mol. The van der Waals surface area contributed by atoms with Crippen LogP contribution in [0.15, 0.2) is 30.7 Å². The second kappa shape index (κ2) is 6.93. The number of alkyl halides is 1. The summed E-state index contributed by atoms with van der Waals surface area (Å²) < 4.78 is 8.48. The summed E-state index contributed by atoms with van der Waals surface area (Å²) in [5, 5.41) is 6.17. The van der Waals surface area contributed by atoms with E-state index in [9.17, 15) is 0 Å². The molecule has 0 radical (unpaired) electrons. The smallest absolute Gasteiger partial charge is 0.152 e. The number of fused-ring (bicyclic) bond motifs is 2. The largest absolute Gasteiger partial charge is 0.495 e. The summed E-state index contributed by atoms with van der Waals surface area (Å²) in [6.45, 7) is 2.07. The van der Waals surface area contributed by atoms with Crippen molar-refractivity contribution in [2.75, 3.05) is 12.8 Å². The van der Waals surface area contributed by atoms with Crippen molar-refractivity contribution in [3.8, 4) is 16.2 Å². The summed E-state index contributed by atoms with van der Waals surface area (Å²) in [6, 6.07) is 6.41. The van der Waals surface area contributed by atoms with Crippen molar-refractivity contribution >= 4 is 65.7 Å². The van der Waals surface area contributed by atoms with Crippen molar-refractivity contribution in [3.63, 3.8) is 0 Å². The van der Waals surface area contributed by atoms with Crippen molar-refractivity contribution in [3.05, 3.63) is 41.9 Å². The van der Waals surface area contributed by atoms with Crippen LogP contribution in [0.5, 0.6) is 5.75 Å². The van der Waals surface area contributed by atoms with E-state index >= 15 is 0 Å². The molecule has 0 aliphatic carbocycles. The fraction of sp³-hybridized carbons (Fsp3) is 0.176. The fourth-order valence-corrected chi connectivity index (χ4v) is 4.64. The summed E-state index contributed by atoms with van der Waals surface area (Å²) in [5.74, 6) is 1.38. The first-order valence-corrected chi connectivity index (χ1v) is 9.31. The first-order valence-electron chi connectivity index (χ1n) is 7.37. The van der Waals surface area contributed by atoms with Gasteiger partial charge in [0, 0.05) is 22.0 Å². The lowest BCUT2D eigenvalue weighted by atomic mass is 10.1. The molecule has 0 bridgehead atoms. The first kappa shape index (κ1) is 18.2. The minimum atomic E-state index is 0. The van der Waals surface area contributed by atoms with E-state index in [-0.39, 0.29) is 17.0 Å². The maximum Gasteiger partial charge on any atom is 0.152 e. The number of hydrogen-bond donors (Lipinski definition) is 1. The van der Waals surface area contributed by atoms with Crippen LogP contribution in [-0.2, 0) is 5.33 Å². The minimum Gasteiger partial charge on any atom is -0.495 e. The number of nitrogens with two attached hydrogens (primary N) is 1. The Labute approximate surface area is 167 Å². The van der Waals surface area contributed by atoms with Gasteiger partial charge >= 0.3 is 0 Å². The molecular formula is C17H16Br2N4OS. The number of nitrogen functional groups attached to an aromatic ring is 1. The highest BCUT2D eigenvalue weighted by Gasteiger charge is 2.19. The highest BCUT2D eigenvalue weighted by atomic mass is 79.9. The lowest BCUT2D eigenvalue weighted by Gasteiger charge is -2.02. The molecular weight excluding hydrogens is 468 g/mol. The first-order chi connectivity index (χ1) is 11.6. The number of rotatable bonds is 3. The van der Waals surface area contributed by atoms with Crippen LogP contribution < -0.4 is 10.5 Å². The van der Waals surface area contributed by atoms with Gasteiger partial charge in [0.1, 0.15) is 17.6 Å². The predicted octanol–water partition coefficient (Wildman–Crippen LogP) is 4.98. The zero-order chi connectivity index (χ0) is 16.8. The Morgan fingerprint density at radius 2 is 2.12 bits per heavy atom. The molecule has 0 saturated heterocycles. The third-order valence-electron chi connectivity index (χ3n) is 4.02. The van der Waals surface area contributed by atoms with Crippen LogP contribution in [0.25, 0.3) is 26.0 Å². The van der Waals surface area contributed by atoms with Crippen LogP contribution in [0.1, 0.15) is 11.1 Å². The SMILES string of the molecule is Br.COc1cc(C)cc2cc(-c3c(CBr)cn4ncnc(N)c34)sc12. The summed E-state index contributed by atoms with van der Waals surface area (Å²) in [7, 11) is 1.71. The average Bonchev–Trinajstić information content (AvgIpc) is 3.15. The Hall–Kier alpha value is -1.64. The number of ether oxygens (including phenoxy) is 1. The van der Waals surface area contributed by atoms with Gasteiger partial charge in [-0.1, -0.05) is 22.0 Å². The van der Waals surface area contributed by atoms with Crippen molar-refractivity contribution in [1.82, 2.24) is 14.6 Å². The number of hydrogen-bond acceptors (Lipinski definition) is 5. The molecule has 0 spiro atoms. The number of aryl methyl sites for hydroxylation is 1. The van der Waals surface area contributed by atoms with Crippen LogP contribution in [0.3, 0.4) is 0 Å². The van der Waals surface area contributed by atoms with Gasteiger partial charge in [0.25, 0.3) is 0 Å². The van der Waals surface area contributed by atoms with Crippen molar-refractivity contribution in [2.24, 2.45) is 0 Å². The van der Waals surface area contributed by atoms with E-state index in [1.165, 1.54) is 17.3 Å². The Morgan fingerprint density at radius 1 is 1.32 bits per heavy atom. The van der Waals surface area contributed by atoms with Gasteiger partial charge in [-0.2, -0.15) is 5.10 Å². The summed E-state index contributed by atoms with van der Waals surface area (Å²) in [5.41, 5.74) is 10.4. The molecule has 1 aromatic carbocycles. The average molecular weight is 484 g/mol. The van der Waals surface area contributed by atoms with Crippen LogP contribution in [0, 0.1) is 6.92 Å². The molecule has 130 valence electrons. The highest BCUT2D eigenvalue weighted by molar-refractivity contribution is 9.08.